The van der Waals surface area contributed by atoms with E-state index in [1.165, 1.54) is 28.6 Å². The molecule has 1 saturated heterocycles. The van der Waals surface area contributed by atoms with Crippen molar-refractivity contribution in [3.63, 3.8) is 0 Å². The third-order valence-electron chi connectivity index (χ3n) is 4.74. The van der Waals surface area contributed by atoms with E-state index in [9.17, 15) is 16.8 Å². The Labute approximate surface area is 167 Å². The first-order valence-electron chi connectivity index (χ1n) is 9.15. The maximum atomic E-state index is 12.5. The van der Waals surface area contributed by atoms with E-state index in [2.05, 4.69) is 20.8 Å². The highest BCUT2D eigenvalue weighted by Gasteiger charge is 2.28. The number of rotatable bonds is 5. The van der Waals surface area contributed by atoms with Crippen LogP contribution >= 0.6 is 0 Å². The summed E-state index contributed by atoms with van der Waals surface area (Å²) < 4.78 is 56.7. The van der Waals surface area contributed by atoms with Crippen molar-refractivity contribution in [3.05, 3.63) is 54.1 Å². The molecule has 8 heteroatoms. The zero-order chi connectivity index (χ0) is 20.6. The lowest BCUT2D eigenvalue weighted by Crippen LogP contribution is -2.27. The molecule has 0 aliphatic carbocycles. The zero-order valence-electron chi connectivity index (χ0n) is 16.3. The van der Waals surface area contributed by atoms with Gasteiger partial charge in [0.15, 0.2) is 0 Å². The Balaban J connectivity index is 1.79. The predicted molar refractivity (Wildman–Crippen MR) is 107 cm³/mol. The van der Waals surface area contributed by atoms with Crippen LogP contribution in [0.1, 0.15) is 39.2 Å². The number of nitrogens with zero attached hydrogens (tertiary/aromatic N) is 1. The standard InChI is InChI=1S/C20H25NO5S2/c1-20(2,3)16-6-8-17(9-7-16)26-28(24,25)19-12-10-18(11-13-19)27(22,23)21-14-4-5-15-21/h6-13H,4-5,14-15H2,1-3H3. The van der Waals surface area contributed by atoms with E-state index in [-0.39, 0.29) is 21.0 Å². The predicted octanol–water partition coefficient (Wildman–Crippen LogP) is 3.54. The van der Waals surface area contributed by atoms with E-state index in [0.29, 0.717) is 13.1 Å². The summed E-state index contributed by atoms with van der Waals surface area (Å²) in [4.78, 5) is -0.00403. The molecule has 1 aliphatic rings. The third-order valence-corrected chi connectivity index (χ3v) is 7.92. The van der Waals surface area contributed by atoms with Gasteiger partial charge in [-0.3, -0.25) is 0 Å². The van der Waals surface area contributed by atoms with E-state index in [0.717, 1.165) is 18.4 Å². The van der Waals surface area contributed by atoms with Gasteiger partial charge in [0.1, 0.15) is 10.6 Å². The van der Waals surface area contributed by atoms with Gasteiger partial charge in [0, 0.05) is 13.1 Å². The molecule has 1 fully saturated rings. The quantitative estimate of drug-likeness (QED) is 0.687. The minimum Gasteiger partial charge on any atom is -0.379 e. The second-order valence-electron chi connectivity index (χ2n) is 7.89. The van der Waals surface area contributed by atoms with Gasteiger partial charge in [0.2, 0.25) is 10.0 Å². The summed E-state index contributed by atoms with van der Waals surface area (Å²) in [6.07, 6.45) is 1.68. The lowest BCUT2D eigenvalue weighted by atomic mass is 9.87. The highest BCUT2D eigenvalue weighted by molar-refractivity contribution is 7.89. The molecule has 152 valence electrons. The lowest BCUT2D eigenvalue weighted by Gasteiger charge is -2.19. The fraction of sp³-hybridized carbons (Fsp3) is 0.400. The molecule has 2 aromatic rings. The Morgan fingerprint density at radius 1 is 0.786 bits per heavy atom. The van der Waals surface area contributed by atoms with Gasteiger partial charge in [-0.25, -0.2) is 8.42 Å². The minimum absolute atomic E-state index is 0.0476. The van der Waals surface area contributed by atoms with E-state index < -0.39 is 20.1 Å². The molecule has 6 nitrogen and oxygen atoms in total. The van der Waals surface area contributed by atoms with Gasteiger partial charge >= 0.3 is 10.1 Å². The Kier molecular flexibility index (Phi) is 5.58. The molecule has 0 bridgehead atoms. The van der Waals surface area contributed by atoms with Crippen LogP contribution in [0.5, 0.6) is 5.75 Å². The van der Waals surface area contributed by atoms with E-state index in [4.69, 9.17) is 4.18 Å². The first kappa shape index (κ1) is 20.8. The molecule has 0 aromatic heterocycles. The van der Waals surface area contributed by atoms with Crippen LogP contribution in [0.2, 0.25) is 0 Å². The van der Waals surface area contributed by atoms with Crippen LogP contribution in [0.25, 0.3) is 0 Å². The van der Waals surface area contributed by atoms with Gasteiger partial charge in [0.25, 0.3) is 0 Å². The highest BCUT2D eigenvalue weighted by atomic mass is 32.2. The summed E-state index contributed by atoms with van der Waals surface area (Å²) in [7, 11) is -7.63. The molecule has 2 aromatic carbocycles. The Morgan fingerprint density at radius 2 is 1.29 bits per heavy atom. The summed E-state index contributed by atoms with van der Waals surface area (Å²) in [5, 5.41) is 0. The van der Waals surface area contributed by atoms with Gasteiger partial charge in [0.05, 0.1) is 4.90 Å². The third kappa shape index (κ3) is 4.39. The Bertz CT molecular complexity index is 1030. The lowest BCUT2D eigenvalue weighted by molar-refractivity contribution is 0.476. The van der Waals surface area contributed by atoms with Gasteiger partial charge < -0.3 is 4.18 Å². The summed E-state index contributed by atoms with van der Waals surface area (Å²) in [6, 6.07) is 12.0. The van der Waals surface area contributed by atoms with Crippen LogP contribution in [-0.2, 0) is 25.6 Å². The average molecular weight is 424 g/mol. The molecule has 0 spiro atoms. The first-order valence-corrected chi connectivity index (χ1v) is 12.0. The van der Waals surface area contributed by atoms with Crippen LogP contribution < -0.4 is 4.18 Å². The minimum atomic E-state index is -4.05. The van der Waals surface area contributed by atoms with Gasteiger partial charge in [-0.05, 0) is 60.2 Å². The second kappa shape index (κ2) is 7.50. The van der Waals surface area contributed by atoms with Crippen molar-refractivity contribution in [1.29, 1.82) is 0 Å². The fourth-order valence-corrected chi connectivity index (χ4v) is 5.49. The van der Waals surface area contributed by atoms with Crippen LogP contribution in [0.4, 0.5) is 0 Å². The smallest absolute Gasteiger partial charge is 0.339 e. The molecular weight excluding hydrogens is 398 g/mol. The van der Waals surface area contributed by atoms with Crippen molar-refractivity contribution in [2.24, 2.45) is 0 Å². The molecule has 0 N–H and O–H groups in total. The number of sulfonamides is 1. The average Bonchev–Trinajstić information content (AvgIpc) is 3.17. The normalized spacial score (nSPS) is 16.2. The fourth-order valence-electron chi connectivity index (χ4n) is 3.04. The van der Waals surface area contributed by atoms with Crippen molar-refractivity contribution >= 4 is 20.1 Å². The molecule has 0 atom stereocenters. The van der Waals surface area contributed by atoms with E-state index in [1.807, 2.05) is 12.1 Å². The molecule has 0 radical (unpaired) electrons. The van der Waals surface area contributed by atoms with Crippen molar-refractivity contribution in [2.45, 2.75) is 48.8 Å². The monoisotopic (exact) mass is 423 g/mol. The second-order valence-corrected chi connectivity index (χ2v) is 11.4. The highest BCUT2D eigenvalue weighted by Crippen LogP contribution is 2.27. The molecule has 0 saturated carbocycles. The van der Waals surface area contributed by atoms with E-state index >= 15 is 0 Å². The van der Waals surface area contributed by atoms with E-state index in [1.54, 1.807) is 12.1 Å². The summed E-state index contributed by atoms with van der Waals surface area (Å²) >= 11 is 0. The van der Waals surface area contributed by atoms with Crippen LogP contribution in [-0.4, -0.2) is 34.2 Å². The van der Waals surface area contributed by atoms with Crippen LogP contribution in [0.3, 0.4) is 0 Å². The van der Waals surface area contributed by atoms with Crippen molar-refractivity contribution < 1.29 is 21.0 Å². The summed E-state index contributed by atoms with van der Waals surface area (Å²) in [5.74, 6) is 0.210. The maximum absolute atomic E-state index is 12.5. The summed E-state index contributed by atoms with van der Waals surface area (Å²) in [5.41, 5.74) is 1.02. The molecule has 0 unspecified atom stereocenters. The van der Waals surface area contributed by atoms with Gasteiger partial charge in [-0.15, -0.1) is 0 Å². The summed E-state index contributed by atoms with van der Waals surface area (Å²) in [6.45, 7) is 7.19. The number of hydrogen-bond donors (Lipinski definition) is 0. The van der Waals surface area contributed by atoms with Gasteiger partial charge in [-0.2, -0.15) is 12.7 Å². The molecule has 28 heavy (non-hydrogen) atoms. The maximum Gasteiger partial charge on any atom is 0.339 e. The van der Waals surface area contributed by atoms with Crippen LogP contribution in [0, 0.1) is 0 Å². The Hall–Kier alpha value is -1.90. The molecule has 0 amide bonds. The number of hydrogen-bond acceptors (Lipinski definition) is 5. The van der Waals surface area contributed by atoms with Crippen LogP contribution in [0.15, 0.2) is 58.3 Å². The largest absolute Gasteiger partial charge is 0.379 e. The SMILES string of the molecule is CC(C)(C)c1ccc(OS(=O)(=O)c2ccc(S(=O)(=O)N3CCCC3)cc2)cc1. The molecule has 3 rings (SSSR count). The molecule has 1 heterocycles. The van der Waals surface area contributed by atoms with Crippen molar-refractivity contribution in [3.8, 4) is 5.75 Å². The Morgan fingerprint density at radius 3 is 1.79 bits per heavy atom. The molecular formula is C20H25NO5S2. The molecule has 1 aliphatic heterocycles. The van der Waals surface area contributed by atoms with Crippen molar-refractivity contribution in [1.82, 2.24) is 4.31 Å². The van der Waals surface area contributed by atoms with Gasteiger partial charge in [-0.1, -0.05) is 32.9 Å². The topological polar surface area (TPSA) is 80.8 Å². The first-order chi connectivity index (χ1) is 13.0. The number of benzene rings is 2. The zero-order valence-corrected chi connectivity index (χ0v) is 17.9. The van der Waals surface area contributed by atoms with Crippen molar-refractivity contribution in [2.75, 3.05) is 13.1 Å².